The van der Waals surface area contributed by atoms with Crippen LogP contribution < -0.4 is 0 Å². The number of halogens is 1. The average molecular weight is 302 g/mol. The zero-order valence-corrected chi connectivity index (χ0v) is 12.0. The van der Waals surface area contributed by atoms with Gasteiger partial charge in [0.1, 0.15) is 6.54 Å². The molecule has 1 aliphatic heterocycles. The van der Waals surface area contributed by atoms with Gasteiger partial charge in [-0.15, -0.1) is 0 Å². The quantitative estimate of drug-likeness (QED) is 0.863. The van der Waals surface area contributed by atoms with Crippen LogP contribution in [-0.4, -0.2) is 35.0 Å². The lowest BCUT2D eigenvalue weighted by molar-refractivity contribution is -0.122. The minimum absolute atomic E-state index is 0.0551. The highest BCUT2D eigenvalue weighted by Gasteiger charge is 2.34. The van der Waals surface area contributed by atoms with Crippen molar-refractivity contribution in [1.82, 2.24) is 9.57 Å². The zero-order chi connectivity index (χ0) is 14.0. The van der Waals surface area contributed by atoms with Crippen LogP contribution in [0.1, 0.15) is 5.56 Å². The van der Waals surface area contributed by atoms with Gasteiger partial charge >= 0.3 is 0 Å². The Morgan fingerprint density at radius 3 is 2.58 bits per heavy atom. The van der Waals surface area contributed by atoms with Crippen LogP contribution in [-0.2, 0) is 20.5 Å². The molecule has 0 bridgehead atoms. The van der Waals surface area contributed by atoms with E-state index in [1.165, 1.54) is 4.90 Å². The standard InChI is InChI=1S/C11H13ClN3O3P/c1-14-6-10(16)15(11(14)13)19(17)18-7-8-2-4-9(12)5-3-8/h2-5,13,19H,6-7H2,1H3. The summed E-state index contributed by atoms with van der Waals surface area (Å²) in [6, 6.07) is 6.91. The van der Waals surface area contributed by atoms with Crippen molar-refractivity contribution < 1.29 is 13.9 Å². The van der Waals surface area contributed by atoms with E-state index in [4.69, 9.17) is 21.5 Å². The number of guanidine groups is 1. The van der Waals surface area contributed by atoms with Crippen LogP contribution in [0, 0.1) is 5.41 Å². The van der Waals surface area contributed by atoms with Gasteiger partial charge in [-0.1, -0.05) is 23.7 Å². The number of rotatable bonds is 4. The topological polar surface area (TPSA) is 73.7 Å². The molecule has 0 aliphatic carbocycles. The van der Waals surface area contributed by atoms with Crippen LogP contribution in [0.15, 0.2) is 24.3 Å². The van der Waals surface area contributed by atoms with Crippen molar-refractivity contribution in [3.8, 4) is 0 Å². The Morgan fingerprint density at radius 2 is 2.05 bits per heavy atom. The first-order chi connectivity index (χ1) is 8.99. The van der Waals surface area contributed by atoms with Crippen molar-refractivity contribution in [2.45, 2.75) is 6.61 Å². The molecule has 2 rings (SSSR count). The van der Waals surface area contributed by atoms with Crippen molar-refractivity contribution in [2.24, 2.45) is 0 Å². The lowest BCUT2D eigenvalue weighted by atomic mass is 10.2. The summed E-state index contributed by atoms with van der Waals surface area (Å²) in [5.41, 5.74) is 0.800. The van der Waals surface area contributed by atoms with Gasteiger partial charge in [0.2, 0.25) is 5.96 Å². The first-order valence-electron chi connectivity index (χ1n) is 5.53. The zero-order valence-electron chi connectivity index (χ0n) is 10.2. The number of carbonyl (C=O) groups excluding carboxylic acids is 1. The Hall–Kier alpha value is -1.36. The van der Waals surface area contributed by atoms with E-state index in [1.54, 1.807) is 31.3 Å². The van der Waals surface area contributed by atoms with Crippen LogP contribution in [0.3, 0.4) is 0 Å². The van der Waals surface area contributed by atoms with Crippen LogP contribution in [0.4, 0.5) is 0 Å². The van der Waals surface area contributed by atoms with Gasteiger partial charge in [0.25, 0.3) is 14.1 Å². The molecule has 1 amide bonds. The highest BCUT2D eigenvalue weighted by atomic mass is 35.5. The molecule has 1 aromatic carbocycles. The fraction of sp³-hybridized carbons (Fsp3) is 0.273. The summed E-state index contributed by atoms with van der Waals surface area (Å²) >= 11 is 5.75. The Morgan fingerprint density at radius 1 is 1.42 bits per heavy atom. The smallest absolute Gasteiger partial charge is 0.294 e. The van der Waals surface area contributed by atoms with Gasteiger partial charge in [-0.2, -0.15) is 0 Å². The molecule has 1 aromatic rings. The first-order valence-corrected chi connectivity index (χ1v) is 7.17. The Balaban J connectivity index is 1.96. The molecule has 1 atom stereocenters. The lowest BCUT2D eigenvalue weighted by Gasteiger charge is -2.16. The second kappa shape index (κ2) is 5.74. The molecule has 19 heavy (non-hydrogen) atoms. The largest absolute Gasteiger partial charge is 0.336 e. The highest BCUT2D eigenvalue weighted by Crippen LogP contribution is 2.33. The molecule has 1 saturated heterocycles. The number of amides is 1. The van der Waals surface area contributed by atoms with E-state index in [0.29, 0.717) is 5.02 Å². The first kappa shape index (κ1) is 14.1. The minimum atomic E-state index is -2.77. The molecule has 1 aliphatic rings. The molecule has 1 unspecified atom stereocenters. The van der Waals surface area contributed by atoms with Crippen LogP contribution in [0.5, 0.6) is 0 Å². The van der Waals surface area contributed by atoms with E-state index in [2.05, 4.69) is 0 Å². The van der Waals surface area contributed by atoms with Gasteiger partial charge in [-0.05, 0) is 17.7 Å². The molecular weight excluding hydrogens is 289 g/mol. The maximum absolute atomic E-state index is 11.9. The van der Waals surface area contributed by atoms with E-state index in [1.807, 2.05) is 0 Å². The molecule has 1 N–H and O–H groups in total. The number of benzene rings is 1. The van der Waals surface area contributed by atoms with Gasteiger partial charge in [0.05, 0.1) is 6.61 Å². The third-order valence-electron chi connectivity index (χ3n) is 2.65. The molecule has 1 heterocycles. The molecule has 0 radical (unpaired) electrons. The van der Waals surface area contributed by atoms with Crippen molar-refractivity contribution in [1.29, 1.82) is 5.41 Å². The lowest BCUT2D eigenvalue weighted by Crippen LogP contribution is -2.26. The maximum atomic E-state index is 11.9. The number of carbonyl (C=O) groups is 1. The third kappa shape index (κ3) is 3.15. The van der Waals surface area contributed by atoms with Crippen LogP contribution >= 0.6 is 19.8 Å². The van der Waals surface area contributed by atoms with Crippen molar-refractivity contribution >= 4 is 31.6 Å². The van der Waals surface area contributed by atoms with E-state index in [-0.39, 0.29) is 25.0 Å². The predicted molar refractivity (Wildman–Crippen MR) is 72.4 cm³/mol. The third-order valence-corrected chi connectivity index (χ3v) is 4.12. The van der Waals surface area contributed by atoms with Gasteiger partial charge in [0.15, 0.2) is 0 Å². The van der Waals surface area contributed by atoms with Crippen LogP contribution in [0.2, 0.25) is 5.02 Å². The van der Waals surface area contributed by atoms with Crippen molar-refractivity contribution in [3.63, 3.8) is 0 Å². The van der Waals surface area contributed by atoms with Gasteiger partial charge in [0, 0.05) is 12.1 Å². The second-order valence-corrected chi connectivity index (χ2v) is 5.79. The van der Waals surface area contributed by atoms with Crippen molar-refractivity contribution in [2.75, 3.05) is 13.6 Å². The summed E-state index contributed by atoms with van der Waals surface area (Å²) in [5, 5.41) is 8.25. The van der Waals surface area contributed by atoms with Crippen molar-refractivity contribution in [3.05, 3.63) is 34.9 Å². The molecule has 0 aromatic heterocycles. The van der Waals surface area contributed by atoms with E-state index >= 15 is 0 Å². The predicted octanol–water partition coefficient (Wildman–Crippen LogP) is 1.96. The maximum Gasteiger partial charge on any atom is 0.294 e. The van der Waals surface area contributed by atoms with Gasteiger partial charge in [-0.3, -0.25) is 14.8 Å². The number of hydrogen-bond acceptors (Lipinski definition) is 4. The molecular formula is C11H13ClN3O3P. The Bertz CT molecular complexity index is 534. The molecule has 0 saturated carbocycles. The number of nitrogens with zero attached hydrogens (tertiary/aromatic N) is 2. The van der Waals surface area contributed by atoms with E-state index in [0.717, 1.165) is 10.2 Å². The molecule has 1 fully saturated rings. The molecule has 0 spiro atoms. The summed E-state index contributed by atoms with van der Waals surface area (Å²) < 4.78 is 18.0. The average Bonchev–Trinajstić information content (AvgIpc) is 2.62. The summed E-state index contributed by atoms with van der Waals surface area (Å²) in [7, 11) is -1.18. The fourth-order valence-corrected chi connectivity index (χ4v) is 2.78. The van der Waals surface area contributed by atoms with E-state index < -0.39 is 8.18 Å². The summed E-state index contributed by atoms with van der Waals surface area (Å²) in [6.45, 7) is 0.162. The van der Waals surface area contributed by atoms with Crippen LogP contribution in [0.25, 0.3) is 0 Å². The Kier molecular flexibility index (Phi) is 4.24. The summed E-state index contributed by atoms with van der Waals surface area (Å²) in [4.78, 5) is 13.0. The van der Waals surface area contributed by atoms with E-state index in [9.17, 15) is 9.36 Å². The summed E-state index contributed by atoms with van der Waals surface area (Å²) in [5.74, 6) is -0.475. The Labute approximate surface area is 116 Å². The molecule has 6 nitrogen and oxygen atoms in total. The normalized spacial score (nSPS) is 17.2. The van der Waals surface area contributed by atoms with Gasteiger partial charge < -0.3 is 9.42 Å². The highest BCUT2D eigenvalue weighted by molar-refractivity contribution is 7.38. The second-order valence-electron chi connectivity index (χ2n) is 4.09. The number of nitrogens with one attached hydrogen (secondary N) is 1. The number of likely N-dealkylation sites (N-methyl/N-ethyl adjacent to an activating group) is 1. The summed E-state index contributed by atoms with van der Waals surface area (Å²) in [6.07, 6.45) is 0. The minimum Gasteiger partial charge on any atom is -0.336 e. The fourth-order valence-electron chi connectivity index (χ4n) is 1.62. The monoisotopic (exact) mass is 301 g/mol. The van der Waals surface area contributed by atoms with Gasteiger partial charge in [-0.25, -0.2) is 4.67 Å². The SMILES string of the molecule is CN1CC(=O)N([PH](=O)OCc2ccc(Cl)cc2)C1=N. The number of hydrogen-bond donors (Lipinski definition) is 1. The molecule has 102 valence electrons. The molecule has 8 heteroatoms.